The van der Waals surface area contributed by atoms with Gasteiger partial charge < -0.3 is 4.90 Å². The SMILES string of the molecule is CC1C(=O)NC(=O)CN1C(=O)c1ccc2c(c1)CCC2. The van der Waals surface area contributed by atoms with Crippen LogP contribution in [0.15, 0.2) is 18.2 Å². The number of imide groups is 1. The summed E-state index contributed by atoms with van der Waals surface area (Å²) in [6, 6.07) is 5.05. The fourth-order valence-electron chi connectivity index (χ4n) is 2.83. The molecule has 1 unspecified atom stereocenters. The van der Waals surface area contributed by atoms with E-state index >= 15 is 0 Å². The predicted molar refractivity (Wildman–Crippen MR) is 72.1 cm³/mol. The van der Waals surface area contributed by atoms with E-state index in [1.54, 1.807) is 13.0 Å². The number of nitrogens with one attached hydrogen (secondary N) is 1. The molecule has 1 saturated heterocycles. The van der Waals surface area contributed by atoms with E-state index < -0.39 is 17.9 Å². The van der Waals surface area contributed by atoms with Gasteiger partial charge in [0.05, 0.1) is 0 Å². The first kappa shape index (κ1) is 12.8. The molecule has 1 fully saturated rings. The normalized spacial score (nSPS) is 21.6. The highest BCUT2D eigenvalue weighted by molar-refractivity contribution is 6.07. The van der Waals surface area contributed by atoms with Crippen molar-refractivity contribution in [3.05, 3.63) is 34.9 Å². The number of amides is 3. The van der Waals surface area contributed by atoms with Gasteiger partial charge >= 0.3 is 0 Å². The van der Waals surface area contributed by atoms with E-state index in [4.69, 9.17) is 0 Å². The van der Waals surface area contributed by atoms with E-state index in [1.807, 2.05) is 12.1 Å². The Morgan fingerprint density at radius 3 is 2.80 bits per heavy atom. The van der Waals surface area contributed by atoms with Gasteiger partial charge in [0, 0.05) is 5.56 Å². The van der Waals surface area contributed by atoms with Gasteiger partial charge in [-0.15, -0.1) is 0 Å². The first-order valence-electron chi connectivity index (χ1n) is 6.83. The van der Waals surface area contributed by atoms with Crippen LogP contribution in [0.25, 0.3) is 0 Å². The zero-order valence-electron chi connectivity index (χ0n) is 11.3. The summed E-state index contributed by atoms with van der Waals surface area (Å²) in [5.74, 6) is -1.10. The molecular formula is C15H16N2O3. The van der Waals surface area contributed by atoms with Crippen molar-refractivity contribution in [1.82, 2.24) is 10.2 Å². The average molecular weight is 272 g/mol. The maximum absolute atomic E-state index is 12.5. The quantitative estimate of drug-likeness (QED) is 0.764. The van der Waals surface area contributed by atoms with Crippen molar-refractivity contribution in [3.63, 3.8) is 0 Å². The Labute approximate surface area is 116 Å². The Hall–Kier alpha value is -2.17. The molecule has 0 spiro atoms. The molecular weight excluding hydrogens is 256 g/mol. The minimum atomic E-state index is -0.617. The molecule has 2 aliphatic rings. The number of carbonyl (C=O) groups excluding carboxylic acids is 3. The molecule has 0 aromatic heterocycles. The molecule has 1 atom stereocenters. The number of benzene rings is 1. The van der Waals surface area contributed by atoms with Crippen LogP contribution in [-0.2, 0) is 22.4 Å². The summed E-state index contributed by atoms with van der Waals surface area (Å²) in [7, 11) is 0. The third kappa shape index (κ3) is 2.09. The van der Waals surface area contributed by atoms with E-state index in [0.29, 0.717) is 5.56 Å². The molecule has 1 aliphatic heterocycles. The second-order valence-electron chi connectivity index (χ2n) is 5.36. The lowest BCUT2D eigenvalue weighted by Gasteiger charge is -2.31. The fraction of sp³-hybridized carbons (Fsp3) is 0.400. The van der Waals surface area contributed by atoms with E-state index in [2.05, 4.69) is 5.32 Å². The van der Waals surface area contributed by atoms with Crippen LogP contribution >= 0.6 is 0 Å². The molecule has 0 radical (unpaired) electrons. The highest BCUT2D eigenvalue weighted by Gasteiger charge is 2.34. The molecule has 1 N–H and O–H groups in total. The Morgan fingerprint density at radius 1 is 1.25 bits per heavy atom. The molecule has 20 heavy (non-hydrogen) atoms. The molecule has 5 nitrogen and oxygen atoms in total. The molecule has 1 aliphatic carbocycles. The van der Waals surface area contributed by atoms with Gasteiger partial charge in [-0.2, -0.15) is 0 Å². The number of fused-ring (bicyclic) bond motifs is 1. The fourth-order valence-corrected chi connectivity index (χ4v) is 2.83. The summed E-state index contributed by atoms with van der Waals surface area (Å²) in [4.78, 5) is 36.9. The molecule has 3 rings (SSSR count). The molecule has 1 aromatic rings. The van der Waals surface area contributed by atoms with Crippen molar-refractivity contribution >= 4 is 17.7 Å². The van der Waals surface area contributed by atoms with Gasteiger partial charge in [0.15, 0.2) is 0 Å². The van der Waals surface area contributed by atoms with Crippen LogP contribution in [-0.4, -0.2) is 35.2 Å². The first-order chi connectivity index (χ1) is 9.56. The number of nitrogens with zero attached hydrogens (tertiary/aromatic N) is 1. The van der Waals surface area contributed by atoms with Gasteiger partial charge in [-0.1, -0.05) is 6.07 Å². The van der Waals surface area contributed by atoms with Crippen molar-refractivity contribution in [1.29, 1.82) is 0 Å². The van der Waals surface area contributed by atoms with Crippen molar-refractivity contribution in [2.75, 3.05) is 6.54 Å². The number of hydrogen-bond acceptors (Lipinski definition) is 3. The Kier molecular flexibility index (Phi) is 3.04. The molecule has 0 saturated carbocycles. The highest BCUT2D eigenvalue weighted by Crippen LogP contribution is 2.24. The molecule has 3 amide bonds. The molecule has 0 bridgehead atoms. The lowest BCUT2D eigenvalue weighted by molar-refractivity contribution is -0.138. The van der Waals surface area contributed by atoms with Crippen molar-refractivity contribution in [2.45, 2.75) is 32.2 Å². The summed E-state index contributed by atoms with van der Waals surface area (Å²) in [6.07, 6.45) is 3.17. The lowest BCUT2D eigenvalue weighted by atomic mass is 10.0. The van der Waals surface area contributed by atoms with Crippen molar-refractivity contribution in [3.8, 4) is 0 Å². The Bertz CT molecular complexity index is 609. The second kappa shape index (κ2) is 4.74. The number of hydrogen-bond donors (Lipinski definition) is 1. The van der Waals surface area contributed by atoms with E-state index in [0.717, 1.165) is 19.3 Å². The van der Waals surface area contributed by atoms with Crippen LogP contribution in [0, 0.1) is 0 Å². The van der Waals surface area contributed by atoms with E-state index in [1.165, 1.54) is 16.0 Å². The first-order valence-corrected chi connectivity index (χ1v) is 6.83. The topological polar surface area (TPSA) is 66.5 Å². The number of rotatable bonds is 1. The summed E-state index contributed by atoms with van der Waals surface area (Å²) in [6.45, 7) is 1.57. The number of carbonyl (C=O) groups is 3. The Morgan fingerprint density at radius 2 is 2.00 bits per heavy atom. The molecule has 1 aromatic carbocycles. The van der Waals surface area contributed by atoms with Crippen LogP contribution in [0.5, 0.6) is 0 Å². The van der Waals surface area contributed by atoms with Crippen LogP contribution in [0.2, 0.25) is 0 Å². The number of aryl methyl sites for hydroxylation is 2. The average Bonchev–Trinajstić information content (AvgIpc) is 2.89. The second-order valence-corrected chi connectivity index (χ2v) is 5.36. The zero-order valence-corrected chi connectivity index (χ0v) is 11.3. The minimum absolute atomic E-state index is 0.0666. The number of piperazine rings is 1. The van der Waals surface area contributed by atoms with Crippen LogP contribution < -0.4 is 5.32 Å². The maximum atomic E-state index is 12.5. The van der Waals surface area contributed by atoms with Gasteiger partial charge in [-0.05, 0) is 49.4 Å². The zero-order chi connectivity index (χ0) is 14.3. The molecule has 1 heterocycles. The Balaban J connectivity index is 1.88. The van der Waals surface area contributed by atoms with Crippen molar-refractivity contribution < 1.29 is 14.4 Å². The smallest absolute Gasteiger partial charge is 0.255 e. The minimum Gasteiger partial charge on any atom is -0.318 e. The van der Waals surface area contributed by atoms with Gasteiger partial charge in [-0.3, -0.25) is 19.7 Å². The maximum Gasteiger partial charge on any atom is 0.255 e. The van der Waals surface area contributed by atoms with Crippen LogP contribution in [0.4, 0.5) is 0 Å². The monoisotopic (exact) mass is 272 g/mol. The lowest BCUT2D eigenvalue weighted by Crippen LogP contribution is -2.58. The summed E-state index contributed by atoms with van der Waals surface area (Å²) in [5, 5.41) is 2.24. The van der Waals surface area contributed by atoms with Gasteiger partial charge in [0.1, 0.15) is 12.6 Å². The predicted octanol–water partition coefficient (Wildman–Crippen LogP) is 0.662. The highest BCUT2D eigenvalue weighted by atomic mass is 16.2. The third-order valence-corrected chi connectivity index (χ3v) is 4.03. The standard InChI is InChI=1S/C15H16N2O3/c1-9-14(19)16-13(18)8-17(9)15(20)12-6-5-10-3-2-4-11(10)7-12/h5-7,9H,2-4,8H2,1H3,(H,16,18,19). The van der Waals surface area contributed by atoms with Gasteiger partial charge in [-0.25, -0.2) is 0 Å². The molecule has 5 heteroatoms. The largest absolute Gasteiger partial charge is 0.318 e. The summed E-state index contributed by atoms with van der Waals surface area (Å²) in [5.41, 5.74) is 3.05. The van der Waals surface area contributed by atoms with E-state index in [-0.39, 0.29) is 12.5 Å². The van der Waals surface area contributed by atoms with Gasteiger partial charge in [0.2, 0.25) is 11.8 Å². The van der Waals surface area contributed by atoms with Crippen molar-refractivity contribution in [2.24, 2.45) is 0 Å². The molecule has 104 valence electrons. The summed E-state index contributed by atoms with van der Waals surface area (Å²) >= 11 is 0. The van der Waals surface area contributed by atoms with E-state index in [9.17, 15) is 14.4 Å². The van der Waals surface area contributed by atoms with Crippen LogP contribution in [0.1, 0.15) is 34.8 Å². The van der Waals surface area contributed by atoms with Gasteiger partial charge in [0.25, 0.3) is 5.91 Å². The van der Waals surface area contributed by atoms with Crippen LogP contribution in [0.3, 0.4) is 0 Å². The third-order valence-electron chi connectivity index (χ3n) is 4.03. The summed E-state index contributed by atoms with van der Waals surface area (Å²) < 4.78 is 0.